The third kappa shape index (κ3) is 5.28. The summed E-state index contributed by atoms with van der Waals surface area (Å²) < 4.78 is 47.0. The lowest BCUT2D eigenvalue weighted by Gasteiger charge is -2.17. The molecule has 0 bridgehead atoms. The SMILES string of the molecule is CC(Oc1ccccc1)C(=O)Nc1cc(Cl)ccc1NS(=O)(=O)c1ccccc1F. The first-order valence-corrected chi connectivity index (χ1v) is 10.7. The monoisotopic (exact) mass is 448 g/mol. The van der Waals surface area contributed by atoms with Gasteiger partial charge in [0.1, 0.15) is 16.5 Å². The molecule has 0 saturated carbocycles. The van der Waals surface area contributed by atoms with Gasteiger partial charge >= 0.3 is 0 Å². The number of sulfonamides is 1. The van der Waals surface area contributed by atoms with E-state index in [1.165, 1.54) is 30.3 Å². The molecule has 9 heteroatoms. The average molecular weight is 449 g/mol. The predicted molar refractivity (Wildman–Crippen MR) is 114 cm³/mol. The van der Waals surface area contributed by atoms with Crippen molar-refractivity contribution in [1.29, 1.82) is 0 Å². The number of halogens is 2. The maximum atomic E-state index is 13.9. The lowest BCUT2D eigenvalue weighted by molar-refractivity contribution is -0.122. The van der Waals surface area contributed by atoms with Crippen molar-refractivity contribution < 1.29 is 22.3 Å². The fourth-order valence-electron chi connectivity index (χ4n) is 2.56. The molecular formula is C21H18ClFN2O4S. The number of carbonyl (C=O) groups excluding carboxylic acids is 1. The van der Waals surface area contributed by atoms with Crippen molar-refractivity contribution in [3.05, 3.63) is 83.6 Å². The van der Waals surface area contributed by atoms with Gasteiger partial charge in [0.2, 0.25) is 0 Å². The summed E-state index contributed by atoms with van der Waals surface area (Å²) in [4.78, 5) is 12.0. The van der Waals surface area contributed by atoms with Crippen LogP contribution in [0.5, 0.6) is 5.75 Å². The van der Waals surface area contributed by atoms with Crippen LogP contribution in [-0.4, -0.2) is 20.4 Å². The van der Waals surface area contributed by atoms with Gasteiger partial charge in [0.05, 0.1) is 11.4 Å². The molecule has 3 aromatic carbocycles. The van der Waals surface area contributed by atoms with E-state index in [0.717, 1.165) is 12.1 Å². The number of anilines is 2. The van der Waals surface area contributed by atoms with Crippen LogP contribution in [0.2, 0.25) is 5.02 Å². The number of amides is 1. The third-order valence-electron chi connectivity index (χ3n) is 4.04. The Labute approximate surface area is 178 Å². The summed E-state index contributed by atoms with van der Waals surface area (Å²) in [6, 6.07) is 17.9. The first-order chi connectivity index (χ1) is 14.3. The number of para-hydroxylation sites is 1. The standard InChI is InChI=1S/C21H18ClFN2O4S/c1-14(29-16-7-3-2-4-8-16)21(26)24-19-13-15(22)11-12-18(19)25-30(27,28)20-10-6-5-9-17(20)23/h2-14,25H,1H3,(H,24,26). The van der Waals surface area contributed by atoms with Gasteiger partial charge in [-0.15, -0.1) is 0 Å². The van der Waals surface area contributed by atoms with E-state index in [1.54, 1.807) is 31.2 Å². The van der Waals surface area contributed by atoms with E-state index in [1.807, 2.05) is 6.07 Å². The zero-order valence-electron chi connectivity index (χ0n) is 15.8. The minimum absolute atomic E-state index is 0.0305. The molecule has 0 aromatic heterocycles. The van der Waals surface area contributed by atoms with Gasteiger partial charge < -0.3 is 10.1 Å². The molecule has 0 radical (unpaired) electrons. The first-order valence-electron chi connectivity index (χ1n) is 8.86. The van der Waals surface area contributed by atoms with Crippen LogP contribution in [-0.2, 0) is 14.8 Å². The lowest BCUT2D eigenvalue weighted by Crippen LogP contribution is -2.30. The molecule has 0 heterocycles. The summed E-state index contributed by atoms with van der Waals surface area (Å²) in [7, 11) is -4.23. The van der Waals surface area contributed by atoms with Crippen LogP contribution in [0, 0.1) is 5.82 Å². The Morgan fingerprint density at radius 2 is 1.67 bits per heavy atom. The number of nitrogens with one attached hydrogen (secondary N) is 2. The maximum absolute atomic E-state index is 13.9. The van der Waals surface area contributed by atoms with Gasteiger partial charge in [-0.25, -0.2) is 12.8 Å². The number of ether oxygens (including phenoxy) is 1. The second-order valence-corrected chi connectivity index (χ2v) is 8.38. The van der Waals surface area contributed by atoms with E-state index in [0.29, 0.717) is 5.75 Å². The summed E-state index contributed by atoms with van der Waals surface area (Å²) >= 11 is 6.00. The van der Waals surface area contributed by atoms with Gasteiger partial charge in [0, 0.05) is 5.02 Å². The van der Waals surface area contributed by atoms with Crippen molar-refractivity contribution in [3.8, 4) is 5.75 Å². The van der Waals surface area contributed by atoms with E-state index in [4.69, 9.17) is 16.3 Å². The number of carbonyl (C=O) groups is 1. The second-order valence-electron chi connectivity index (χ2n) is 6.29. The van der Waals surface area contributed by atoms with E-state index in [9.17, 15) is 17.6 Å². The van der Waals surface area contributed by atoms with Crippen molar-refractivity contribution in [3.63, 3.8) is 0 Å². The van der Waals surface area contributed by atoms with Gasteiger partial charge in [-0.2, -0.15) is 0 Å². The molecule has 3 aromatic rings. The van der Waals surface area contributed by atoms with Gasteiger partial charge in [-0.1, -0.05) is 41.9 Å². The van der Waals surface area contributed by atoms with Crippen molar-refractivity contribution in [2.45, 2.75) is 17.9 Å². The highest BCUT2D eigenvalue weighted by atomic mass is 35.5. The van der Waals surface area contributed by atoms with Gasteiger partial charge in [-0.3, -0.25) is 9.52 Å². The molecular weight excluding hydrogens is 431 g/mol. The summed E-state index contributed by atoms with van der Waals surface area (Å²) in [5.74, 6) is -0.909. The van der Waals surface area contributed by atoms with Crippen LogP contribution in [0.25, 0.3) is 0 Å². The molecule has 156 valence electrons. The normalized spacial score (nSPS) is 12.1. The zero-order valence-corrected chi connectivity index (χ0v) is 17.4. The average Bonchev–Trinajstić information content (AvgIpc) is 2.71. The minimum Gasteiger partial charge on any atom is -0.481 e. The summed E-state index contributed by atoms with van der Waals surface area (Å²) in [6.45, 7) is 1.55. The van der Waals surface area contributed by atoms with Crippen LogP contribution in [0.4, 0.5) is 15.8 Å². The number of benzene rings is 3. The molecule has 0 fully saturated rings. The minimum atomic E-state index is -4.23. The summed E-state index contributed by atoms with van der Waals surface area (Å²) in [5.41, 5.74) is 0.138. The molecule has 0 spiro atoms. The number of hydrogen-bond acceptors (Lipinski definition) is 4. The largest absolute Gasteiger partial charge is 0.481 e. The molecule has 3 rings (SSSR count). The molecule has 0 aliphatic rings. The molecule has 0 aliphatic carbocycles. The highest BCUT2D eigenvalue weighted by Crippen LogP contribution is 2.29. The Kier molecular flexibility index (Phi) is 6.59. The highest BCUT2D eigenvalue weighted by Gasteiger charge is 2.22. The van der Waals surface area contributed by atoms with Crippen molar-refractivity contribution in [2.24, 2.45) is 0 Å². The van der Waals surface area contributed by atoms with Crippen LogP contribution in [0.3, 0.4) is 0 Å². The van der Waals surface area contributed by atoms with Gasteiger partial charge in [-0.05, 0) is 49.4 Å². The Balaban J connectivity index is 1.82. The van der Waals surface area contributed by atoms with Crippen molar-refractivity contribution in [1.82, 2.24) is 0 Å². The highest BCUT2D eigenvalue weighted by molar-refractivity contribution is 7.92. The van der Waals surface area contributed by atoms with E-state index in [-0.39, 0.29) is 16.4 Å². The molecule has 6 nitrogen and oxygen atoms in total. The number of rotatable bonds is 7. The Bertz CT molecular complexity index is 1160. The Hall–Kier alpha value is -3.10. The smallest absolute Gasteiger partial charge is 0.265 e. The molecule has 30 heavy (non-hydrogen) atoms. The predicted octanol–water partition coefficient (Wildman–Crippen LogP) is 4.69. The maximum Gasteiger partial charge on any atom is 0.265 e. The molecule has 0 aliphatic heterocycles. The van der Waals surface area contributed by atoms with E-state index in [2.05, 4.69) is 10.0 Å². The first kappa shape index (κ1) is 21.6. The van der Waals surface area contributed by atoms with Gasteiger partial charge in [0.15, 0.2) is 6.10 Å². The summed E-state index contributed by atoms with van der Waals surface area (Å²) in [6.07, 6.45) is -0.873. The van der Waals surface area contributed by atoms with Gasteiger partial charge in [0.25, 0.3) is 15.9 Å². The van der Waals surface area contributed by atoms with Crippen LogP contribution in [0.1, 0.15) is 6.92 Å². The third-order valence-corrected chi connectivity index (χ3v) is 5.67. The topological polar surface area (TPSA) is 84.5 Å². The van der Waals surface area contributed by atoms with Crippen molar-refractivity contribution >= 4 is 38.9 Å². The van der Waals surface area contributed by atoms with Crippen LogP contribution in [0.15, 0.2) is 77.7 Å². The van der Waals surface area contributed by atoms with E-state index >= 15 is 0 Å². The molecule has 2 N–H and O–H groups in total. The zero-order chi connectivity index (χ0) is 21.7. The lowest BCUT2D eigenvalue weighted by atomic mass is 10.2. The Morgan fingerprint density at radius 1 is 1.00 bits per heavy atom. The molecule has 0 saturated heterocycles. The Morgan fingerprint density at radius 3 is 2.37 bits per heavy atom. The van der Waals surface area contributed by atoms with Crippen LogP contribution < -0.4 is 14.8 Å². The van der Waals surface area contributed by atoms with E-state index < -0.39 is 32.7 Å². The van der Waals surface area contributed by atoms with Crippen molar-refractivity contribution in [2.75, 3.05) is 10.0 Å². The number of hydrogen-bond donors (Lipinski definition) is 2. The fourth-order valence-corrected chi connectivity index (χ4v) is 3.89. The molecule has 1 amide bonds. The molecule has 1 unspecified atom stereocenters. The summed E-state index contributed by atoms with van der Waals surface area (Å²) in [5, 5.41) is 2.86. The second kappa shape index (κ2) is 9.15. The van der Waals surface area contributed by atoms with Crippen LogP contribution >= 0.6 is 11.6 Å². The fraction of sp³-hybridized carbons (Fsp3) is 0.0952. The molecule has 1 atom stereocenters. The quantitative estimate of drug-likeness (QED) is 0.549.